The molecule has 1 unspecified atom stereocenters. The van der Waals surface area contributed by atoms with E-state index in [0.29, 0.717) is 11.8 Å². The number of thioether (sulfide) groups is 1. The molecule has 1 atom stereocenters. The van der Waals surface area contributed by atoms with Crippen LogP contribution in [0.2, 0.25) is 0 Å². The van der Waals surface area contributed by atoms with Gasteiger partial charge in [-0.05, 0) is 28.7 Å². The number of amides is 2. The number of halogens is 3. The number of fused-ring (bicyclic) bond motifs is 3. The number of aliphatic carboxylic acids is 1. The van der Waals surface area contributed by atoms with Gasteiger partial charge in [-0.3, -0.25) is 9.59 Å². The number of alkyl carbamates (subject to hydrolysis) is 1. The van der Waals surface area contributed by atoms with Gasteiger partial charge in [-0.1, -0.05) is 48.5 Å². The molecule has 0 radical (unpaired) electrons. The van der Waals surface area contributed by atoms with E-state index in [2.05, 4.69) is 10.6 Å². The van der Waals surface area contributed by atoms with Gasteiger partial charge in [0.1, 0.15) is 12.6 Å². The summed E-state index contributed by atoms with van der Waals surface area (Å²) in [6.07, 6.45) is -5.76. The fraction of sp³-hybridized carbons (Fsp3) is 0.375. The normalized spacial score (nSPS) is 13.5. The molecule has 0 saturated heterocycles. The predicted molar refractivity (Wildman–Crippen MR) is 125 cm³/mol. The number of carbonyl (C=O) groups is 3. The minimum Gasteiger partial charge on any atom is -0.481 e. The zero-order valence-corrected chi connectivity index (χ0v) is 19.5. The summed E-state index contributed by atoms with van der Waals surface area (Å²) in [5.74, 6) is -3.05. The molecule has 2 amide bonds. The number of alkyl halides is 3. The van der Waals surface area contributed by atoms with Crippen molar-refractivity contribution in [1.29, 1.82) is 0 Å². The van der Waals surface area contributed by atoms with Crippen LogP contribution in [0.5, 0.6) is 0 Å². The van der Waals surface area contributed by atoms with Crippen LogP contribution >= 0.6 is 11.8 Å². The van der Waals surface area contributed by atoms with Crippen LogP contribution in [0, 0.1) is 0 Å². The van der Waals surface area contributed by atoms with Crippen LogP contribution < -0.4 is 10.6 Å². The molecule has 35 heavy (non-hydrogen) atoms. The molecule has 3 rings (SSSR count). The largest absolute Gasteiger partial charge is 0.481 e. The third-order valence-corrected chi connectivity index (χ3v) is 6.43. The van der Waals surface area contributed by atoms with Crippen molar-refractivity contribution in [2.24, 2.45) is 0 Å². The van der Waals surface area contributed by atoms with E-state index in [1.165, 1.54) is 0 Å². The lowest BCUT2D eigenvalue weighted by atomic mass is 9.98. The molecule has 0 aliphatic heterocycles. The quantitative estimate of drug-likeness (QED) is 0.392. The Labute approximate surface area is 204 Å². The third-order valence-electron chi connectivity index (χ3n) is 5.41. The zero-order valence-electron chi connectivity index (χ0n) is 18.6. The smallest absolute Gasteiger partial charge is 0.407 e. The first-order valence-corrected chi connectivity index (χ1v) is 12.1. The van der Waals surface area contributed by atoms with Crippen LogP contribution in [0.1, 0.15) is 29.9 Å². The number of carbonyl (C=O) groups excluding carboxylic acids is 2. The molecule has 0 heterocycles. The lowest BCUT2D eigenvalue weighted by molar-refractivity contribution is -0.137. The highest BCUT2D eigenvalue weighted by atomic mass is 32.2. The maximum absolute atomic E-state index is 12.5. The number of hydrogen-bond acceptors (Lipinski definition) is 5. The fourth-order valence-electron chi connectivity index (χ4n) is 3.88. The van der Waals surface area contributed by atoms with E-state index in [9.17, 15) is 27.6 Å². The van der Waals surface area contributed by atoms with Gasteiger partial charge in [-0.2, -0.15) is 24.9 Å². The number of rotatable bonds is 11. The van der Waals surface area contributed by atoms with Crippen LogP contribution in [-0.2, 0) is 14.3 Å². The van der Waals surface area contributed by atoms with E-state index in [1.807, 2.05) is 48.5 Å². The Balaban J connectivity index is 1.56. The molecule has 0 spiro atoms. The highest BCUT2D eigenvalue weighted by Crippen LogP contribution is 2.44. The van der Waals surface area contributed by atoms with Gasteiger partial charge >= 0.3 is 18.2 Å². The van der Waals surface area contributed by atoms with Gasteiger partial charge in [0, 0.05) is 24.6 Å². The summed E-state index contributed by atoms with van der Waals surface area (Å²) in [6.45, 7) is -0.0449. The van der Waals surface area contributed by atoms with Crippen molar-refractivity contribution in [3.8, 4) is 11.1 Å². The standard InChI is InChI=1S/C24H25F3N2O5S/c25-24(26,27)14-35-12-11-28-22(32)20(9-10-21(30)31)29-23(33)34-13-19-17-7-3-1-5-15(17)16-6-2-4-8-18(16)19/h1-8,19-20H,9-14H2,(H,28,32)(H,29,33)(H,30,31). The van der Waals surface area contributed by atoms with Crippen molar-refractivity contribution in [3.05, 3.63) is 59.7 Å². The predicted octanol–water partition coefficient (Wildman–Crippen LogP) is 4.17. The van der Waals surface area contributed by atoms with E-state index < -0.39 is 35.9 Å². The number of nitrogens with one attached hydrogen (secondary N) is 2. The third kappa shape index (κ3) is 7.64. The Kier molecular flexibility index (Phi) is 9.02. The minimum absolute atomic E-state index is 0.0151. The van der Waals surface area contributed by atoms with E-state index in [4.69, 9.17) is 9.84 Å². The second-order valence-corrected chi connectivity index (χ2v) is 9.02. The molecule has 1 aliphatic rings. The maximum Gasteiger partial charge on any atom is 0.407 e. The molecule has 188 valence electrons. The summed E-state index contributed by atoms with van der Waals surface area (Å²) in [4.78, 5) is 35.9. The summed E-state index contributed by atoms with van der Waals surface area (Å²) in [6, 6.07) is 14.4. The van der Waals surface area contributed by atoms with Crippen molar-refractivity contribution >= 4 is 29.7 Å². The summed E-state index contributed by atoms with van der Waals surface area (Å²) >= 11 is 0.611. The highest BCUT2D eigenvalue weighted by molar-refractivity contribution is 7.99. The molecule has 7 nitrogen and oxygen atoms in total. The van der Waals surface area contributed by atoms with Crippen LogP contribution in [0.15, 0.2) is 48.5 Å². The first-order valence-electron chi connectivity index (χ1n) is 10.9. The van der Waals surface area contributed by atoms with Gasteiger partial charge in [0.2, 0.25) is 5.91 Å². The van der Waals surface area contributed by atoms with Crippen molar-refractivity contribution in [2.45, 2.75) is 31.0 Å². The molecule has 2 aromatic rings. The van der Waals surface area contributed by atoms with Gasteiger partial charge in [0.05, 0.1) is 5.75 Å². The second-order valence-electron chi connectivity index (χ2n) is 7.91. The number of carboxylic acid groups (broad SMARTS) is 1. The molecule has 3 N–H and O–H groups in total. The van der Waals surface area contributed by atoms with E-state index >= 15 is 0 Å². The molecule has 11 heteroatoms. The minimum atomic E-state index is -4.30. The van der Waals surface area contributed by atoms with Gasteiger partial charge in [0.15, 0.2) is 0 Å². The molecule has 2 aromatic carbocycles. The SMILES string of the molecule is O=C(O)CCC(NC(=O)OCC1c2ccccc2-c2ccccc21)C(=O)NCCSCC(F)(F)F. The number of benzene rings is 2. The molecule has 0 saturated carbocycles. The monoisotopic (exact) mass is 510 g/mol. The number of ether oxygens (including phenoxy) is 1. The molecular formula is C24H25F3N2O5S. The number of carboxylic acids is 1. The fourth-order valence-corrected chi connectivity index (χ4v) is 4.50. The topological polar surface area (TPSA) is 105 Å². The van der Waals surface area contributed by atoms with Gasteiger partial charge in [0.25, 0.3) is 0 Å². The zero-order chi connectivity index (χ0) is 25.4. The van der Waals surface area contributed by atoms with Crippen molar-refractivity contribution in [1.82, 2.24) is 10.6 Å². The summed E-state index contributed by atoms with van der Waals surface area (Å²) in [5, 5.41) is 13.8. The summed E-state index contributed by atoms with van der Waals surface area (Å²) < 4.78 is 42.0. The lowest BCUT2D eigenvalue weighted by Gasteiger charge is -2.19. The van der Waals surface area contributed by atoms with Crippen molar-refractivity contribution < 1.29 is 37.4 Å². The summed E-state index contributed by atoms with van der Waals surface area (Å²) in [5.41, 5.74) is 4.13. The van der Waals surface area contributed by atoms with E-state index in [1.54, 1.807) is 0 Å². The molecule has 0 bridgehead atoms. The lowest BCUT2D eigenvalue weighted by Crippen LogP contribution is -2.47. The van der Waals surface area contributed by atoms with Gasteiger partial charge < -0.3 is 20.5 Å². The van der Waals surface area contributed by atoms with Crippen LogP contribution in [0.25, 0.3) is 11.1 Å². The Morgan fingerprint density at radius 3 is 2.20 bits per heavy atom. The maximum atomic E-state index is 12.5. The van der Waals surface area contributed by atoms with Crippen molar-refractivity contribution in [2.75, 3.05) is 24.7 Å². The Morgan fingerprint density at radius 2 is 1.63 bits per heavy atom. The Bertz CT molecular complexity index is 1020. The molecule has 0 aromatic heterocycles. The second kappa shape index (κ2) is 12.0. The molecular weight excluding hydrogens is 485 g/mol. The van der Waals surface area contributed by atoms with Crippen molar-refractivity contribution in [3.63, 3.8) is 0 Å². The summed E-state index contributed by atoms with van der Waals surface area (Å²) in [7, 11) is 0. The molecule has 1 aliphatic carbocycles. The van der Waals surface area contributed by atoms with Gasteiger partial charge in [-0.15, -0.1) is 0 Å². The van der Waals surface area contributed by atoms with Crippen LogP contribution in [0.3, 0.4) is 0 Å². The first-order chi connectivity index (χ1) is 16.7. The number of hydrogen-bond donors (Lipinski definition) is 3. The molecule has 0 fully saturated rings. The average molecular weight is 511 g/mol. The van der Waals surface area contributed by atoms with E-state index in [-0.39, 0.29) is 37.7 Å². The highest BCUT2D eigenvalue weighted by Gasteiger charge is 2.30. The Hall–Kier alpha value is -3.21. The van der Waals surface area contributed by atoms with Gasteiger partial charge in [-0.25, -0.2) is 4.79 Å². The average Bonchev–Trinajstić information content (AvgIpc) is 3.13. The van der Waals surface area contributed by atoms with Crippen LogP contribution in [0.4, 0.5) is 18.0 Å². The van der Waals surface area contributed by atoms with Crippen LogP contribution in [-0.4, -0.2) is 60.0 Å². The first kappa shape index (κ1) is 26.4. The van der Waals surface area contributed by atoms with E-state index in [0.717, 1.165) is 22.3 Å². The Morgan fingerprint density at radius 1 is 1.03 bits per heavy atom.